The zero-order valence-corrected chi connectivity index (χ0v) is 19.6. The predicted molar refractivity (Wildman–Crippen MR) is 138 cm³/mol. The summed E-state index contributed by atoms with van der Waals surface area (Å²) < 4.78 is 2.37. The molecule has 1 aliphatic carbocycles. The van der Waals surface area contributed by atoms with Crippen LogP contribution in [0.3, 0.4) is 0 Å². The van der Waals surface area contributed by atoms with E-state index >= 15 is 0 Å². The summed E-state index contributed by atoms with van der Waals surface area (Å²) in [5.74, 6) is 0.960. The zero-order valence-electron chi connectivity index (χ0n) is 19.6. The quantitative estimate of drug-likeness (QED) is 0.270. The van der Waals surface area contributed by atoms with E-state index in [0.29, 0.717) is 6.42 Å². The molecule has 1 aromatic heterocycles. The lowest BCUT2D eigenvalue weighted by Crippen LogP contribution is -2.04. The molecular weight excluding hydrogens is 406 g/mol. The highest BCUT2D eigenvalue weighted by atomic mass is 16.1. The van der Waals surface area contributed by atoms with Crippen molar-refractivity contribution in [2.75, 3.05) is 0 Å². The maximum absolute atomic E-state index is 12.2. The Morgan fingerprint density at radius 3 is 2.09 bits per heavy atom. The molecule has 1 heterocycles. The second-order valence-corrected chi connectivity index (χ2v) is 9.38. The molecule has 0 aliphatic heterocycles. The van der Waals surface area contributed by atoms with Crippen LogP contribution in [-0.4, -0.2) is 10.4 Å². The van der Waals surface area contributed by atoms with E-state index in [-0.39, 0.29) is 11.2 Å². The van der Waals surface area contributed by atoms with Gasteiger partial charge in [-0.3, -0.25) is 9.59 Å². The molecule has 0 saturated heterocycles. The normalized spacial score (nSPS) is 14.4. The number of hydrogen-bond acceptors (Lipinski definition) is 2. The van der Waals surface area contributed by atoms with E-state index in [9.17, 15) is 9.59 Å². The van der Waals surface area contributed by atoms with E-state index in [0.717, 1.165) is 40.8 Å². The minimum atomic E-state index is 0.127. The molecule has 0 unspecified atom stereocenters. The van der Waals surface area contributed by atoms with E-state index < -0.39 is 0 Å². The molecule has 168 valence electrons. The van der Waals surface area contributed by atoms with E-state index in [1.807, 2.05) is 13.0 Å². The van der Waals surface area contributed by atoms with Crippen LogP contribution in [0.15, 0.2) is 65.5 Å². The lowest BCUT2D eigenvalue weighted by Gasteiger charge is -2.08. The highest BCUT2D eigenvalue weighted by Crippen LogP contribution is 2.30. The van der Waals surface area contributed by atoms with Gasteiger partial charge in [0.05, 0.1) is 0 Å². The van der Waals surface area contributed by atoms with Gasteiger partial charge in [-0.25, -0.2) is 0 Å². The average molecular weight is 438 g/mol. The summed E-state index contributed by atoms with van der Waals surface area (Å²) in [4.78, 5) is 23.6. The topological polar surface area (TPSA) is 39.1 Å². The van der Waals surface area contributed by atoms with E-state index in [4.69, 9.17) is 0 Å². The van der Waals surface area contributed by atoms with Crippen LogP contribution in [0.5, 0.6) is 0 Å². The van der Waals surface area contributed by atoms with Crippen molar-refractivity contribution in [3.05, 3.63) is 82.0 Å². The molecule has 6 rings (SSSR count). The Morgan fingerprint density at radius 1 is 0.879 bits per heavy atom. The second kappa shape index (κ2) is 8.97. The van der Waals surface area contributed by atoms with Crippen molar-refractivity contribution < 1.29 is 4.79 Å². The number of nitrogens with zero attached hydrogens (tertiary/aromatic N) is 1. The van der Waals surface area contributed by atoms with Gasteiger partial charge < -0.3 is 4.57 Å². The van der Waals surface area contributed by atoms with Gasteiger partial charge in [-0.1, -0.05) is 68.1 Å². The number of aryl methyl sites for hydroxylation is 2. The number of carbonyl (C=O) groups excluding carboxylic acids is 1. The third-order valence-corrected chi connectivity index (χ3v) is 7.43. The standard InChI is InChI=1S/C16H18O2.C14H13N/c1-10-12(7-8-13-15(10)16(13)18)14(17)9-6-11-4-2-3-5-11;1-2-15-13-9-5-3-7-11(13)12-8-4-6-10-14(12)15/h7-8,11H,2-6,9H2,1H3;3-10H,2H2,1H3. The molecule has 33 heavy (non-hydrogen) atoms. The maximum atomic E-state index is 12.2. The largest absolute Gasteiger partial charge is 0.341 e. The van der Waals surface area contributed by atoms with Crippen molar-refractivity contribution in [1.29, 1.82) is 0 Å². The number of carbonyl (C=O) groups is 1. The van der Waals surface area contributed by atoms with Crippen molar-refractivity contribution in [3.63, 3.8) is 0 Å². The summed E-state index contributed by atoms with van der Waals surface area (Å²) in [5.41, 5.74) is 4.45. The van der Waals surface area contributed by atoms with E-state index in [2.05, 4.69) is 60.0 Å². The first-order valence-electron chi connectivity index (χ1n) is 12.3. The van der Waals surface area contributed by atoms with Gasteiger partial charge in [-0.05, 0) is 49.9 Å². The molecule has 0 spiro atoms. The zero-order chi connectivity index (χ0) is 22.9. The Morgan fingerprint density at radius 2 is 1.48 bits per heavy atom. The number of Topliss-reactive ketones (excluding diaryl/α,β-unsaturated/α-hetero) is 1. The van der Waals surface area contributed by atoms with Crippen LogP contribution < -0.4 is 5.43 Å². The summed E-state index contributed by atoms with van der Waals surface area (Å²) >= 11 is 0. The first-order chi connectivity index (χ1) is 16.1. The smallest absolute Gasteiger partial charge is 0.194 e. The molecule has 1 aliphatic rings. The Labute approximate surface area is 194 Å². The number of aromatic nitrogens is 1. The number of ketones is 1. The monoisotopic (exact) mass is 437 g/mol. The fourth-order valence-electron chi connectivity index (χ4n) is 5.56. The van der Waals surface area contributed by atoms with Crippen molar-refractivity contribution in [2.45, 2.75) is 58.9 Å². The summed E-state index contributed by atoms with van der Waals surface area (Å²) in [7, 11) is 0. The number of benzene rings is 3. The summed E-state index contributed by atoms with van der Waals surface area (Å²) in [5, 5.41) is 4.31. The van der Waals surface area contributed by atoms with Gasteiger partial charge in [0, 0.05) is 51.1 Å². The fourth-order valence-corrected chi connectivity index (χ4v) is 5.56. The lowest BCUT2D eigenvalue weighted by molar-refractivity contribution is 0.0973. The predicted octanol–water partition coefficient (Wildman–Crippen LogP) is 7.35. The SMILES string of the molecule is CCn1c2ccccc2c2ccccc21.Cc1c(C(=O)CCC2CCCC2)ccc2c(=O)c12. The molecule has 5 aromatic rings. The Kier molecular flexibility index (Phi) is 5.88. The molecule has 0 atom stereocenters. The van der Waals surface area contributed by atoms with Gasteiger partial charge in [0.2, 0.25) is 0 Å². The van der Waals surface area contributed by atoms with Crippen LogP contribution >= 0.6 is 0 Å². The molecule has 0 radical (unpaired) electrons. The van der Waals surface area contributed by atoms with Crippen molar-refractivity contribution in [3.8, 4) is 0 Å². The number of hydrogen-bond donors (Lipinski definition) is 0. The average Bonchev–Trinajstić information content (AvgIpc) is 3.19. The lowest BCUT2D eigenvalue weighted by atomic mass is 9.96. The molecule has 0 N–H and O–H groups in total. The van der Waals surface area contributed by atoms with Gasteiger partial charge in [-0.2, -0.15) is 0 Å². The van der Waals surface area contributed by atoms with Crippen LogP contribution in [0.1, 0.15) is 61.4 Å². The number of rotatable bonds is 5. The Balaban J connectivity index is 0.000000140. The van der Waals surface area contributed by atoms with Crippen LogP contribution in [0.4, 0.5) is 0 Å². The Hall–Kier alpha value is -3.20. The first-order valence-corrected chi connectivity index (χ1v) is 12.3. The molecule has 1 fully saturated rings. The van der Waals surface area contributed by atoms with Gasteiger partial charge in [0.25, 0.3) is 0 Å². The van der Waals surface area contributed by atoms with E-state index in [1.54, 1.807) is 6.07 Å². The van der Waals surface area contributed by atoms with E-state index in [1.165, 1.54) is 47.5 Å². The minimum absolute atomic E-state index is 0.127. The van der Waals surface area contributed by atoms with Crippen LogP contribution in [0.25, 0.3) is 32.6 Å². The first kappa shape index (κ1) is 21.6. The van der Waals surface area contributed by atoms with Gasteiger partial charge >= 0.3 is 0 Å². The third-order valence-electron chi connectivity index (χ3n) is 7.43. The third kappa shape index (κ3) is 4.01. The highest BCUT2D eigenvalue weighted by molar-refractivity contribution is 6.08. The van der Waals surface area contributed by atoms with Crippen LogP contribution in [-0.2, 0) is 6.54 Å². The second-order valence-electron chi connectivity index (χ2n) is 9.38. The molecule has 3 nitrogen and oxygen atoms in total. The molecule has 3 heteroatoms. The summed E-state index contributed by atoms with van der Waals surface area (Å²) in [6, 6.07) is 20.8. The summed E-state index contributed by atoms with van der Waals surface area (Å²) in [6.45, 7) is 5.11. The van der Waals surface area contributed by atoms with Crippen molar-refractivity contribution in [1.82, 2.24) is 4.57 Å². The van der Waals surface area contributed by atoms with Crippen molar-refractivity contribution in [2.24, 2.45) is 5.92 Å². The van der Waals surface area contributed by atoms with Crippen molar-refractivity contribution >= 4 is 38.4 Å². The molecule has 4 aromatic carbocycles. The highest BCUT2D eigenvalue weighted by Gasteiger charge is 2.21. The minimum Gasteiger partial charge on any atom is -0.341 e. The van der Waals surface area contributed by atoms with Gasteiger partial charge in [0.1, 0.15) is 0 Å². The molecule has 0 amide bonds. The Bertz CT molecular complexity index is 1400. The van der Waals surface area contributed by atoms with Crippen LogP contribution in [0, 0.1) is 12.8 Å². The van der Waals surface area contributed by atoms with Gasteiger partial charge in [-0.15, -0.1) is 0 Å². The van der Waals surface area contributed by atoms with Gasteiger partial charge in [0.15, 0.2) is 11.2 Å². The number of fused-ring (bicyclic) bond motifs is 4. The summed E-state index contributed by atoms with van der Waals surface area (Å²) in [6.07, 6.45) is 6.88. The maximum Gasteiger partial charge on any atom is 0.194 e. The fraction of sp³-hybridized carbons (Fsp3) is 0.333. The molecular formula is C30H31NO2. The molecule has 0 bridgehead atoms. The molecule has 1 saturated carbocycles. The van der Waals surface area contributed by atoms with Crippen LogP contribution in [0.2, 0.25) is 0 Å². The number of para-hydroxylation sites is 2.